The maximum absolute atomic E-state index is 5.40. The van der Waals surface area contributed by atoms with Gasteiger partial charge in [-0.2, -0.15) is 11.8 Å². The van der Waals surface area contributed by atoms with Crippen LogP contribution >= 0.6 is 27.7 Å². The van der Waals surface area contributed by atoms with E-state index < -0.39 is 0 Å². The predicted molar refractivity (Wildman–Crippen MR) is 64.2 cm³/mol. The summed E-state index contributed by atoms with van der Waals surface area (Å²) in [5.41, 5.74) is 6.80. The highest BCUT2D eigenvalue weighted by molar-refractivity contribution is 9.10. The zero-order chi connectivity index (χ0) is 9.52. The largest absolute Gasteiger partial charge is 0.330 e. The van der Waals surface area contributed by atoms with Crippen molar-refractivity contribution in [2.75, 3.05) is 18.1 Å². The smallest absolute Gasteiger partial charge is 0.0175 e. The van der Waals surface area contributed by atoms with Crippen LogP contribution in [0.1, 0.15) is 5.56 Å². The first-order valence-electron chi connectivity index (χ1n) is 4.35. The van der Waals surface area contributed by atoms with E-state index in [1.54, 1.807) is 0 Å². The Labute approximate surface area is 92.2 Å². The minimum absolute atomic E-state index is 0.783. The van der Waals surface area contributed by atoms with Gasteiger partial charge in [0.05, 0.1) is 0 Å². The van der Waals surface area contributed by atoms with Crippen molar-refractivity contribution in [1.29, 1.82) is 0 Å². The molecule has 0 amide bonds. The summed E-state index contributed by atoms with van der Waals surface area (Å²) in [6, 6.07) is 8.49. The molecule has 1 aromatic rings. The van der Waals surface area contributed by atoms with Gasteiger partial charge < -0.3 is 5.73 Å². The van der Waals surface area contributed by atoms with Crippen molar-refractivity contribution >= 4 is 27.7 Å². The summed E-state index contributed by atoms with van der Waals surface area (Å²) >= 11 is 5.33. The predicted octanol–water partition coefficient (Wildman–Crippen LogP) is 2.68. The van der Waals surface area contributed by atoms with Crippen LogP contribution in [0.2, 0.25) is 0 Å². The number of halogens is 1. The molecule has 0 aliphatic rings. The number of aryl methyl sites for hydroxylation is 1. The molecule has 1 aromatic carbocycles. The lowest BCUT2D eigenvalue weighted by molar-refractivity contribution is 1.12. The lowest BCUT2D eigenvalue weighted by atomic mass is 10.2. The Morgan fingerprint density at radius 2 is 1.85 bits per heavy atom. The molecule has 0 bridgehead atoms. The summed E-state index contributed by atoms with van der Waals surface area (Å²) in [5, 5.41) is 0. The molecule has 0 saturated carbocycles. The summed E-state index contributed by atoms with van der Waals surface area (Å²) < 4.78 is 1.14. The van der Waals surface area contributed by atoms with Gasteiger partial charge in [-0.3, -0.25) is 0 Å². The van der Waals surface area contributed by atoms with E-state index in [4.69, 9.17) is 5.73 Å². The zero-order valence-electron chi connectivity index (χ0n) is 7.50. The van der Waals surface area contributed by atoms with E-state index in [0.29, 0.717) is 0 Å². The molecule has 72 valence electrons. The summed E-state index contributed by atoms with van der Waals surface area (Å²) in [5.74, 6) is 2.23. The van der Waals surface area contributed by atoms with Crippen molar-refractivity contribution in [2.45, 2.75) is 6.42 Å². The fourth-order valence-electron chi connectivity index (χ4n) is 1.03. The highest BCUT2D eigenvalue weighted by Gasteiger charge is 1.93. The Kier molecular flexibility index (Phi) is 5.51. The number of nitrogens with two attached hydrogens (primary N) is 1. The number of benzene rings is 1. The minimum Gasteiger partial charge on any atom is -0.330 e. The van der Waals surface area contributed by atoms with Crippen LogP contribution in [-0.2, 0) is 6.42 Å². The third-order valence-corrected chi connectivity index (χ3v) is 3.26. The number of rotatable bonds is 5. The van der Waals surface area contributed by atoms with Crippen LogP contribution in [0.25, 0.3) is 0 Å². The summed E-state index contributed by atoms with van der Waals surface area (Å²) in [6.07, 6.45) is 1.14. The highest BCUT2D eigenvalue weighted by Crippen LogP contribution is 2.12. The first-order chi connectivity index (χ1) is 6.33. The molecule has 0 atom stereocenters. The third-order valence-electron chi connectivity index (χ3n) is 1.71. The zero-order valence-corrected chi connectivity index (χ0v) is 9.90. The quantitative estimate of drug-likeness (QED) is 0.824. The molecule has 0 aromatic heterocycles. The second-order valence-electron chi connectivity index (χ2n) is 2.78. The third kappa shape index (κ3) is 4.69. The van der Waals surface area contributed by atoms with Gasteiger partial charge in [0.15, 0.2) is 0 Å². The van der Waals surface area contributed by atoms with Gasteiger partial charge in [-0.05, 0) is 29.9 Å². The van der Waals surface area contributed by atoms with E-state index in [1.807, 2.05) is 11.8 Å². The molecule has 0 aliphatic carbocycles. The molecule has 0 fully saturated rings. The van der Waals surface area contributed by atoms with Crippen LogP contribution < -0.4 is 5.73 Å². The Morgan fingerprint density at radius 3 is 2.46 bits per heavy atom. The standard InChI is InChI=1S/C10H14BrNS/c11-10-3-1-9(2-4-10)5-7-13-8-6-12/h1-4H,5-8,12H2. The fraction of sp³-hybridized carbons (Fsp3) is 0.400. The average Bonchev–Trinajstić information content (AvgIpc) is 2.15. The van der Waals surface area contributed by atoms with E-state index in [1.165, 1.54) is 11.3 Å². The molecule has 2 N–H and O–H groups in total. The number of hydrogen-bond acceptors (Lipinski definition) is 2. The van der Waals surface area contributed by atoms with Crippen molar-refractivity contribution in [3.05, 3.63) is 34.3 Å². The van der Waals surface area contributed by atoms with Crippen molar-refractivity contribution in [2.24, 2.45) is 5.73 Å². The molecule has 13 heavy (non-hydrogen) atoms. The average molecular weight is 260 g/mol. The van der Waals surface area contributed by atoms with Crippen molar-refractivity contribution < 1.29 is 0 Å². The van der Waals surface area contributed by atoms with Gasteiger partial charge in [0.25, 0.3) is 0 Å². The highest BCUT2D eigenvalue weighted by atomic mass is 79.9. The molecule has 0 radical (unpaired) electrons. The molecular formula is C10H14BrNS. The van der Waals surface area contributed by atoms with Gasteiger partial charge in [0.2, 0.25) is 0 Å². The molecule has 0 unspecified atom stereocenters. The van der Waals surface area contributed by atoms with Crippen LogP contribution in [0.5, 0.6) is 0 Å². The Hall–Kier alpha value is 0.01000. The van der Waals surface area contributed by atoms with Gasteiger partial charge >= 0.3 is 0 Å². The number of thioether (sulfide) groups is 1. The van der Waals surface area contributed by atoms with Gasteiger partial charge in [0, 0.05) is 16.8 Å². The van der Waals surface area contributed by atoms with E-state index >= 15 is 0 Å². The molecule has 1 nitrogen and oxygen atoms in total. The van der Waals surface area contributed by atoms with Crippen molar-refractivity contribution in [3.8, 4) is 0 Å². The van der Waals surface area contributed by atoms with E-state index in [9.17, 15) is 0 Å². The Balaban J connectivity index is 2.25. The van der Waals surface area contributed by atoms with Crippen LogP contribution in [-0.4, -0.2) is 18.1 Å². The molecular weight excluding hydrogens is 246 g/mol. The normalized spacial score (nSPS) is 10.3. The van der Waals surface area contributed by atoms with Crippen molar-refractivity contribution in [3.63, 3.8) is 0 Å². The first-order valence-corrected chi connectivity index (χ1v) is 6.30. The molecule has 0 heterocycles. The molecule has 0 spiro atoms. The second kappa shape index (κ2) is 6.46. The van der Waals surface area contributed by atoms with Gasteiger partial charge in [0.1, 0.15) is 0 Å². The summed E-state index contributed by atoms with van der Waals surface area (Å²) in [6.45, 7) is 0.783. The Bertz CT molecular complexity index is 235. The molecule has 0 saturated heterocycles. The lowest BCUT2D eigenvalue weighted by Crippen LogP contribution is -2.02. The fourth-order valence-corrected chi connectivity index (χ4v) is 2.04. The second-order valence-corrected chi connectivity index (χ2v) is 4.92. The monoisotopic (exact) mass is 259 g/mol. The SMILES string of the molecule is NCCSCCc1ccc(Br)cc1. The van der Waals surface area contributed by atoms with Crippen LogP contribution in [0.3, 0.4) is 0 Å². The van der Waals surface area contributed by atoms with E-state index in [2.05, 4.69) is 40.2 Å². The topological polar surface area (TPSA) is 26.0 Å². The number of hydrogen-bond donors (Lipinski definition) is 1. The van der Waals surface area contributed by atoms with Crippen LogP contribution in [0.4, 0.5) is 0 Å². The van der Waals surface area contributed by atoms with Crippen molar-refractivity contribution in [1.82, 2.24) is 0 Å². The molecule has 0 aliphatic heterocycles. The lowest BCUT2D eigenvalue weighted by Gasteiger charge is -2.00. The maximum atomic E-state index is 5.40. The molecule has 3 heteroatoms. The maximum Gasteiger partial charge on any atom is 0.0175 e. The van der Waals surface area contributed by atoms with Gasteiger partial charge in [-0.15, -0.1) is 0 Å². The van der Waals surface area contributed by atoms with E-state index in [0.717, 1.165) is 23.2 Å². The summed E-state index contributed by atoms with van der Waals surface area (Å²) in [7, 11) is 0. The van der Waals surface area contributed by atoms with Gasteiger partial charge in [-0.1, -0.05) is 28.1 Å². The van der Waals surface area contributed by atoms with Gasteiger partial charge in [-0.25, -0.2) is 0 Å². The Morgan fingerprint density at radius 1 is 1.15 bits per heavy atom. The van der Waals surface area contributed by atoms with Crippen LogP contribution in [0.15, 0.2) is 28.7 Å². The minimum atomic E-state index is 0.783. The molecule has 1 rings (SSSR count). The summed E-state index contributed by atoms with van der Waals surface area (Å²) in [4.78, 5) is 0. The first kappa shape index (κ1) is 11.1. The van der Waals surface area contributed by atoms with Crippen LogP contribution in [0, 0.1) is 0 Å². The van der Waals surface area contributed by atoms with E-state index in [-0.39, 0.29) is 0 Å².